The van der Waals surface area contributed by atoms with Crippen LogP contribution >= 0.6 is 12.4 Å². The van der Waals surface area contributed by atoms with Gasteiger partial charge in [0.2, 0.25) is 0 Å². The molecule has 4 heteroatoms. The number of nitrogens with one attached hydrogen (secondary N) is 1. The van der Waals surface area contributed by atoms with E-state index in [0.29, 0.717) is 6.04 Å². The molecule has 0 aromatic carbocycles. The highest BCUT2D eigenvalue weighted by atomic mass is 35.5. The second-order valence-corrected chi connectivity index (χ2v) is 3.17. The van der Waals surface area contributed by atoms with Crippen LogP contribution in [-0.4, -0.2) is 23.7 Å². The van der Waals surface area contributed by atoms with E-state index < -0.39 is 5.97 Å². The van der Waals surface area contributed by atoms with Gasteiger partial charge in [0.15, 0.2) is 0 Å². The molecule has 2 N–H and O–H groups in total. The van der Waals surface area contributed by atoms with Crippen LogP contribution in [-0.2, 0) is 4.79 Å². The third kappa shape index (κ3) is 11.7. The van der Waals surface area contributed by atoms with Gasteiger partial charge in [-0.15, -0.1) is 12.4 Å². The Kier molecular flexibility index (Phi) is 11.5. The van der Waals surface area contributed by atoms with Crippen LogP contribution in [0.25, 0.3) is 0 Å². The van der Waals surface area contributed by atoms with Crippen LogP contribution in [0.2, 0.25) is 0 Å². The Morgan fingerprint density at radius 2 is 2.08 bits per heavy atom. The molecule has 1 atom stereocenters. The summed E-state index contributed by atoms with van der Waals surface area (Å²) in [6, 6.07) is 0.327. The van der Waals surface area contributed by atoms with Crippen molar-refractivity contribution in [1.29, 1.82) is 0 Å². The number of aliphatic carboxylic acids is 1. The van der Waals surface area contributed by atoms with Crippen molar-refractivity contribution in [3.8, 4) is 0 Å². The summed E-state index contributed by atoms with van der Waals surface area (Å²) >= 11 is 0. The lowest BCUT2D eigenvalue weighted by Crippen LogP contribution is -2.31. The molecule has 0 aliphatic heterocycles. The molecule has 0 saturated heterocycles. The SMILES string of the molecule is CCCCCC(C)NCC(=O)O.Cl. The van der Waals surface area contributed by atoms with E-state index in [1.165, 1.54) is 19.3 Å². The number of hydrogen-bond acceptors (Lipinski definition) is 2. The largest absolute Gasteiger partial charge is 0.480 e. The van der Waals surface area contributed by atoms with Gasteiger partial charge in [0.1, 0.15) is 0 Å². The van der Waals surface area contributed by atoms with Crippen LogP contribution in [0.15, 0.2) is 0 Å². The molecule has 0 aromatic heterocycles. The van der Waals surface area contributed by atoms with Crippen molar-refractivity contribution in [2.75, 3.05) is 6.54 Å². The minimum atomic E-state index is -0.780. The zero-order valence-electron chi connectivity index (χ0n) is 8.38. The fraction of sp³-hybridized carbons (Fsp3) is 0.889. The van der Waals surface area contributed by atoms with Crippen LogP contribution in [0.3, 0.4) is 0 Å². The maximum absolute atomic E-state index is 10.2. The minimum Gasteiger partial charge on any atom is -0.480 e. The van der Waals surface area contributed by atoms with E-state index in [2.05, 4.69) is 12.2 Å². The Labute approximate surface area is 86.3 Å². The van der Waals surface area contributed by atoms with Crippen molar-refractivity contribution in [2.24, 2.45) is 0 Å². The summed E-state index contributed by atoms with van der Waals surface area (Å²) < 4.78 is 0. The van der Waals surface area contributed by atoms with Gasteiger partial charge in [0, 0.05) is 6.04 Å². The molecule has 0 aromatic rings. The fourth-order valence-electron chi connectivity index (χ4n) is 1.06. The lowest BCUT2D eigenvalue weighted by Gasteiger charge is -2.10. The van der Waals surface area contributed by atoms with Crippen LogP contribution in [0, 0.1) is 0 Å². The molecule has 3 nitrogen and oxygen atoms in total. The number of rotatable bonds is 7. The van der Waals surface area contributed by atoms with Gasteiger partial charge in [-0.3, -0.25) is 4.79 Å². The first-order valence-corrected chi connectivity index (χ1v) is 4.62. The fourth-order valence-corrected chi connectivity index (χ4v) is 1.06. The van der Waals surface area contributed by atoms with E-state index in [4.69, 9.17) is 5.11 Å². The van der Waals surface area contributed by atoms with Gasteiger partial charge in [0.25, 0.3) is 0 Å². The molecule has 0 fully saturated rings. The number of halogens is 1. The summed E-state index contributed by atoms with van der Waals surface area (Å²) in [6.45, 7) is 4.27. The van der Waals surface area contributed by atoms with Crippen molar-refractivity contribution in [1.82, 2.24) is 5.32 Å². The van der Waals surface area contributed by atoms with E-state index in [1.54, 1.807) is 0 Å². The van der Waals surface area contributed by atoms with E-state index in [1.807, 2.05) is 6.92 Å². The molecule has 1 unspecified atom stereocenters. The average Bonchev–Trinajstić information content (AvgIpc) is 2.01. The van der Waals surface area contributed by atoms with Crippen LogP contribution in [0.5, 0.6) is 0 Å². The van der Waals surface area contributed by atoms with E-state index >= 15 is 0 Å². The zero-order valence-corrected chi connectivity index (χ0v) is 9.19. The normalized spacial score (nSPS) is 11.8. The molecule has 0 saturated carbocycles. The first kappa shape index (κ1) is 15.2. The van der Waals surface area contributed by atoms with Crippen LogP contribution in [0.4, 0.5) is 0 Å². The minimum absolute atomic E-state index is 0. The van der Waals surface area contributed by atoms with Gasteiger partial charge in [-0.25, -0.2) is 0 Å². The summed E-state index contributed by atoms with van der Waals surface area (Å²) in [7, 11) is 0. The Morgan fingerprint density at radius 1 is 1.46 bits per heavy atom. The number of carbonyl (C=O) groups is 1. The maximum Gasteiger partial charge on any atom is 0.317 e. The topological polar surface area (TPSA) is 49.3 Å². The third-order valence-corrected chi connectivity index (χ3v) is 1.84. The van der Waals surface area contributed by atoms with Gasteiger partial charge >= 0.3 is 5.97 Å². The van der Waals surface area contributed by atoms with Gasteiger partial charge < -0.3 is 10.4 Å². The summed E-state index contributed by atoms with van der Waals surface area (Å²) in [4.78, 5) is 10.2. The number of carboxylic acid groups (broad SMARTS) is 1. The standard InChI is InChI=1S/C9H19NO2.ClH/c1-3-4-5-6-8(2)10-7-9(11)12;/h8,10H,3-7H2,1-2H3,(H,11,12);1H. The predicted molar refractivity (Wildman–Crippen MR) is 56.5 cm³/mol. The number of hydrogen-bond donors (Lipinski definition) is 2. The first-order chi connectivity index (χ1) is 5.66. The Bertz CT molecular complexity index is 131. The van der Waals surface area contributed by atoms with Gasteiger partial charge in [-0.2, -0.15) is 0 Å². The maximum atomic E-state index is 10.2. The Hall–Kier alpha value is -0.280. The van der Waals surface area contributed by atoms with Gasteiger partial charge in [-0.05, 0) is 13.3 Å². The van der Waals surface area contributed by atoms with Crippen LogP contribution < -0.4 is 5.32 Å². The van der Waals surface area contributed by atoms with Crippen molar-refractivity contribution >= 4 is 18.4 Å². The van der Waals surface area contributed by atoms with Gasteiger partial charge in [-0.1, -0.05) is 26.2 Å². The number of unbranched alkanes of at least 4 members (excludes halogenated alkanes) is 2. The van der Waals surface area contributed by atoms with E-state index in [9.17, 15) is 4.79 Å². The van der Waals surface area contributed by atoms with Crippen molar-refractivity contribution in [3.05, 3.63) is 0 Å². The zero-order chi connectivity index (χ0) is 9.40. The summed E-state index contributed by atoms with van der Waals surface area (Å²) in [5.74, 6) is -0.780. The molecule has 13 heavy (non-hydrogen) atoms. The van der Waals surface area contributed by atoms with Crippen molar-refractivity contribution < 1.29 is 9.90 Å². The summed E-state index contributed by atoms with van der Waals surface area (Å²) in [6.07, 6.45) is 4.70. The molecular formula is C9H20ClNO2. The molecule has 0 aliphatic carbocycles. The Balaban J connectivity index is 0. The highest BCUT2D eigenvalue weighted by Crippen LogP contribution is 2.02. The highest BCUT2D eigenvalue weighted by molar-refractivity contribution is 5.85. The predicted octanol–water partition coefficient (Wildman–Crippen LogP) is 2.05. The smallest absolute Gasteiger partial charge is 0.317 e. The second kappa shape index (κ2) is 9.81. The van der Waals surface area contributed by atoms with Crippen molar-refractivity contribution in [3.63, 3.8) is 0 Å². The van der Waals surface area contributed by atoms with E-state index in [-0.39, 0.29) is 19.0 Å². The van der Waals surface area contributed by atoms with E-state index in [0.717, 1.165) is 6.42 Å². The van der Waals surface area contributed by atoms with Crippen molar-refractivity contribution in [2.45, 2.75) is 45.6 Å². The molecule has 0 bridgehead atoms. The van der Waals surface area contributed by atoms with Crippen LogP contribution in [0.1, 0.15) is 39.5 Å². The quantitative estimate of drug-likeness (QED) is 0.631. The average molecular weight is 210 g/mol. The molecule has 0 radical (unpaired) electrons. The lowest BCUT2D eigenvalue weighted by molar-refractivity contribution is -0.136. The monoisotopic (exact) mass is 209 g/mol. The number of carboxylic acids is 1. The summed E-state index contributed by atoms with van der Waals surface area (Å²) in [5, 5.41) is 11.3. The summed E-state index contributed by atoms with van der Waals surface area (Å²) in [5.41, 5.74) is 0. The molecule has 0 amide bonds. The Morgan fingerprint density at radius 3 is 2.54 bits per heavy atom. The lowest BCUT2D eigenvalue weighted by atomic mass is 10.1. The first-order valence-electron chi connectivity index (χ1n) is 4.62. The highest BCUT2D eigenvalue weighted by Gasteiger charge is 2.02. The molecule has 0 aliphatic rings. The second-order valence-electron chi connectivity index (χ2n) is 3.17. The third-order valence-electron chi connectivity index (χ3n) is 1.84. The molecule has 0 heterocycles. The molecule has 0 rings (SSSR count). The molecule has 0 spiro atoms. The molecule has 80 valence electrons. The van der Waals surface area contributed by atoms with Gasteiger partial charge in [0.05, 0.1) is 6.54 Å². The molecular weight excluding hydrogens is 190 g/mol.